The third-order valence-corrected chi connectivity index (χ3v) is 3.90. The molecule has 0 spiro atoms. The standard InChI is InChI=1S/C17H25N3O2/c1-2-18-16(21)17(22)19-11-10-14-6-8-15(9-7-14)20-12-4-3-5-13-20/h6-9H,2-5,10-13H2,1H3,(H,18,21)(H,19,22). The highest BCUT2D eigenvalue weighted by molar-refractivity contribution is 6.35. The number of likely N-dealkylation sites (N-methyl/N-ethyl adjacent to an activating group) is 1. The SMILES string of the molecule is CCNC(=O)C(=O)NCCc1ccc(N2CCCCC2)cc1. The van der Waals surface area contributed by atoms with E-state index in [1.54, 1.807) is 6.92 Å². The van der Waals surface area contributed by atoms with Gasteiger partial charge in [-0.2, -0.15) is 0 Å². The first-order chi connectivity index (χ1) is 10.7. The van der Waals surface area contributed by atoms with Crippen molar-refractivity contribution < 1.29 is 9.59 Å². The molecule has 0 aliphatic carbocycles. The average molecular weight is 303 g/mol. The van der Waals surface area contributed by atoms with Crippen LogP contribution in [0.5, 0.6) is 0 Å². The number of hydrogen-bond acceptors (Lipinski definition) is 3. The highest BCUT2D eigenvalue weighted by atomic mass is 16.2. The van der Waals surface area contributed by atoms with Gasteiger partial charge in [-0.25, -0.2) is 0 Å². The fourth-order valence-corrected chi connectivity index (χ4v) is 2.67. The van der Waals surface area contributed by atoms with Gasteiger partial charge in [0, 0.05) is 31.9 Å². The third kappa shape index (κ3) is 4.76. The first-order valence-electron chi connectivity index (χ1n) is 8.10. The topological polar surface area (TPSA) is 61.4 Å². The van der Waals surface area contributed by atoms with E-state index in [-0.39, 0.29) is 0 Å². The van der Waals surface area contributed by atoms with Crippen LogP contribution in [0.3, 0.4) is 0 Å². The van der Waals surface area contributed by atoms with Crippen molar-refractivity contribution in [1.29, 1.82) is 0 Å². The Morgan fingerprint density at radius 3 is 2.27 bits per heavy atom. The summed E-state index contributed by atoms with van der Waals surface area (Å²) in [6.07, 6.45) is 4.60. The zero-order valence-corrected chi connectivity index (χ0v) is 13.2. The number of carbonyl (C=O) groups excluding carboxylic acids is 2. The molecule has 0 radical (unpaired) electrons. The molecular weight excluding hydrogens is 278 g/mol. The summed E-state index contributed by atoms with van der Waals surface area (Å²) in [5.41, 5.74) is 2.44. The number of rotatable bonds is 5. The number of hydrogen-bond donors (Lipinski definition) is 2. The molecule has 2 rings (SSSR count). The minimum Gasteiger partial charge on any atom is -0.372 e. The Hall–Kier alpha value is -2.04. The fraction of sp³-hybridized carbons (Fsp3) is 0.529. The second-order valence-electron chi connectivity index (χ2n) is 5.58. The molecule has 2 N–H and O–H groups in total. The minimum absolute atomic E-state index is 0.463. The quantitative estimate of drug-likeness (QED) is 0.810. The monoisotopic (exact) mass is 303 g/mol. The third-order valence-electron chi connectivity index (χ3n) is 3.90. The molecule has 1 saturated heterocycles. The second kappa shape index (κ2) is 8.41. The van der Waals surface area contributed by atoms with E-state index in [0.717, 1.165) is 25.1 Å². The van der Waals surface area contributed by atoms with E-state index in [4.69, 9.17) is 0 Å². The van der Waals surface area contributed by atoms with Gasteiger partial charge in [-0.05, 0) is 50.3 Å². The van der Waals surface area contributed by atoms with Crippen molar-refractivity contribution >= 4 is 17.5 Å². The molecular formula is C17H25N3O2. The predicted molar refractivity (Wildman–Crippen MR) is 87.9 cm³/mol. The summed E-state index contributed by atoms with van der Waals surface area (Å²) in [6, 6.07) is 8.49. The number of nitrogens with zero attached hydrogens (tertiary/aromatic N) is 1. The molecule has 5 nitrogen and oxygen atoms in total. The summed E-state index contributed by atoms with van der Waals surface area (Å²) >= 11 is 0. The molecule has 22 heavy (non-hydrogen) atoms. The largest absolute Gasteiger partial charge is 0.372 e. The number of nitrogens with one attached hydrogen (secondary N) is 2. The Labute approximate surface area is 132 Å². The lowest BCUT2D eigenvalue weighted by Gasteiger charge is -2.28. The van der Waals surface area contributed by atoms with Crippen LogP contribution in [0, 0.1) is 0 Å². The number of amides is 2. The lowest BCUT2D eigenvalue weighted by molar-refractivity contribution is -0.139. The molecule has 0 atom stereocenters. The van der Waals surface area contributed by atoms with Crippen molar-refractivity contribution in [1.82, 2.24) is 10.6 Å². The van der Waals surface area contributed by atoms with Crippen LogP contribution in [-0.4, -0.2) is 38.0 Å². The van der Waals surface area contributed by atoms with Crippen molar-refractivity contribution in [2.24, 2.45) is 0 Å². The summed E-state index contributed by atoms with van der Waals surface area (Å²) < 4.78 is 0. The maximum Gasteiger partial charge on any atom is 0.309 e. The van der Waals surface area contributed by atoms with Crippen molar-refractivity contribution in [2.75, 3.05) is 31.1 Å². The lowest BCUT2D eigenvalue weighted by Crippen LogP contribution is -2.40. The van der Waals surface area contributed by atoms with Crippen molar-refractivity contribution in [3.63, 3.8) is 0 Å². The zero-order valence-electron chi connectivity index (χ0n) is 13.2. The average Bonchev–Trinajstić information content (AvgIpc) is 2.56. The molecule has 120 valence electrons. The van der Waals surface area contributed by atoms with Crippen LogP contribution in [0.2, 0.25) is 0 Å². The van der Waals surface area contributed by atoms with Gasteiger partial charge in [-0.3, -0.25) is 9.59 Å². The Bertz CT molecular complexity index is 493. The van der Waals surface area contributed by atoms with Gasteiger partial charge in [0.05, 0.1) is 0 Å². The smallest absolute Gasteiger partial charge is 0.309 e. The van der Waals surface area contributed by atoms with Crippen LogP contribution in [0.4, 0.5) is 5.69 Å². The molecule has 1 aliphatic heterocycles. The number of anilines is 1. The van der Waals surface area contributed by atoms with Crippen molar-refractivity contribution in [3.8, 4) is 0 Å². The highest BCUT2D eigenvalue weighted by Crippen LogP contribution is 2.20. The van der Waals surface area contributed by atoms with Crippen molar-refractivity contribution in [3.05, 3.63) is 29.8 Å². The van der Waals surface area contributed by atoms with E-state index in [9.17, 15) is 9.59 Å². The number of piperidine rings is 1. The van der Waals surface area contributed by atoms with Gasteiger partial charge in [0.2, 0.25) is 0 Å². The first kappa shape index (κ1) is 16.3. The summed E-state index contributed by atoms with van der Waals surface area (Å²) in [5.74, 6) is -1.13. The molecule has 0 bridgehead atoms. The Kier molecular flexibility index (Phi) is 6.25. The molecule has 0 aromatic heterocycles. The van der Waals surface area contributed by atoms with E-state index in [0.29, 0.717) is 13.1 Å². The molecule has 5 heteroatoms. The van der Waals surface area contributed by atoms with Crippen LogP contribution in [0.15, 0.2) is 24.3 Å². The van der Waals surface area contributed by atoms with Crippen molar-refractivity contribution in [2.45, 2.75) is 32.6 Å². The maximum absolute atomic E-state index is 11.5. The minimum atomic E-state index is -0.567. The molecule has 1 heterocycles. The molecule has 1 aromatic carbocycles. The van der Waals surface area contributed by atoms with Gasteiger partial charge in [0.15, 0.2) is 0 Å². The normalized spacial score (nSPS) is 14.5. The van der Waals surface area contributed by atoms with Crippen LogP contribution >= 0.6 is 0 Å². The fourth-order valence-electron chi connectivity index (χ4n) is 2.67. The van der Waals surface area contributed by atoms with E-state index in [1.807, 2.05) is 0 Å². The van der Waals surface area contributed by atoms with Gasteiger partial charge in [-0.1, -0.05) is 12.1 Å². The van der Waals surface area contributed by atoms with Gasteiger partial charge >= 0.3 is 11.8 Å². The van der Waals surface area contributed by atoms with E-state index in [2.05, 4.69) is 39.8 Å². The Balaban J connectivity index is 1.76. The maximum atomic E-state index is 11.5. The van der Waals surface area contributed by atoms with Crippen LogP contribution in [0.1, 0.15) is 31.7 Å². The lowest BCUT2D eigenvalue weighted by atomic mass is 10.1. The van der Waals surface area contributed by atoms with Gasteiger partial charge < -0.3 is 15.5 Å². The molecule has 2 amide bonds. The van der Waals surface area contributed by atoms with E-state index < -0.39 is 11.8 Å². The highest BCUT2D eigenvalue weighted by Gasteiger charge is 2.12. The first-order valence-corrected chi connectivity index (χ1v) is 8.10. The molecule has 1 fully saturated rings. The van der Waals surface area contributed by atoms with Crippen LogP contribution in [-0.2, 0) is 16.0 Å². The second-order valence-corrected chi connectivity index (χ2v) is 5.58. The number of benzene rings is 1. The Morgan fingerprint density at radius 2 is 1.64 bits per heavy atom. The van der Waals surface area contributed by atoms with Gasteiger partial charge in [0.25, 0.3) is 0 Å². The zero-order chi connectivity index (χ0) is 15.8. The van der Waals surface area contributed by atoms with E-state index >= 15 is 0 Å². The summed E-state index contributed by atoms with van der Waals surface area (Å²) in [7, 11) is 0. The summed E-state index contributed by atoms with van der Waals surface area (Å²) in [6.45, 7) is 5.00. The Morgan fingerprint density at radius 1 is 1.00 bits per heavy atom. The molecule has 0 unspecified atom stereocenters. The molecule has 1 aromatic rings. The van der Waals surface area contributed by atoms with E-state index in [1.165, 1.54) is 24.9 Å². The molecule has 1 aliphatic rings. The predicted octanol–water partition coefficient (Wildman–Crippen LogP) is 1.47. The van der Waals surface area contributed by atoms with Gasteiger partial charge in [0.1, 0.15) is 0 Å². The van der Waals surface area contributed by atoms with Crippen LogP contribution < -0.4 is 15.5 Å². The number of carbonyl (C=O) groups is 2. The summed E-state index contributed by atoms with van der Waals surface area (Å²) in [5, 5.41) is 5.11. The van der Waals surface area contributed by atoms with Crippen LogP contribution in [0.25, 0.3) is 0 Å². The molecule has 0 saturated carbocycles. The van der Waals surface area contributed by atoms with Gasteiger partial charge in [-0.15, -0.1) is 0 Å². The summed E-state index contributed by atoms with van der Waals surface area (Å²) in [4.78, 5) is 25.2.